The Morgan fingerprint density at radius 3 is 2.00 bits per heavy atom. The molecule has 2 rings (SSSR count). The lowest BCUT2D eigenvalue weighted by Gasteiger charge is -2.14. The molecule has 1 nitrogen and oxygen atoms in total. The van der Waals surface area contributed by atoms with E-state index in [1.165, 1.54) is 37.3 Å². The molecule has 4 heteroatoms. The summed E-state index contributed by atoms with van der Waals surface area (Å²) in [6, 6.07) is 11.6. The Morgan fingerprint density at radius 1 is 0.895 bits per heavy atom. The summed E-state index contributed by atoms with van der Waals surface area (Å²) in [5.41, 5.74) is -0.105. The monoisotopic (exact) mass is 264 g/mol. The summed E-state index contributed by atoms with van der Waals surface area (Å²) in [7, 11) is 0. The van der Waals surface area contributed by atoms with Crippen molar-refractivity contribution in [2.24, 2.45) is 0 Å². The quantitative estimate of drug-likeness (QED) is 0.726. The molecule has 0 heterocycles. The molecular weight excluding hydrogens is 253 g/mol. The van der Waals surface area contributed by atoms with Crippen LogP contribution in [-0.4, -0.2) is 5.78 Å². The third-order valence-electron chi connectivity index (χ3n) is 2.83. The van der Waals surface area contributed by atoms with Crippen LogP contribution in [0.4, 0.5) is 13.2 Å². The van der Waals surface area contributed by atoms with Crippen molar-refractivity contribution in [2.45, 2.75) is 13.1 Å². The number of carbonyl (C=O) groups is 1. The average molecular weight is 264 g/mol. The summed E-state index contributed by atoms with van der Waals surface area (Å²) in [4.78, 5) is 11.5. The van der Waals surface area contributed by atoms with Gasteiger partial charge < -0.3 is 0 Å². The van der Waals surface area contributed by atoms with Gasteiger partial charge in [0.05, 0.1) is 5.56 Å². The van der Waals surface area contributed by atoms with Gasteiger partial charge in [0.15, 0.2) is 5.78 Å². The van der Waals surface area contributed by atoms with E-state index in [1.807, 2.05) is 0 Å². The van der Waals surface area contributed by atoms with Gasteiger partial charge in [0.1, 0.15) is 0 Å². The predicted octanol–water partition coefficient (Wildman–Crippen LogP) is 4.58. The molecule has 0 N–H and O–H groups in total. The van der Waals surface area contributed by atoms with E-state index in [9.17, 15) is 18.0 Å². The minimum atomic E-state index is -4.44. The molecule has 0 unspecified atom stereocenters. The van der Waals surface area contributed by atoms with E-state index in [-0.39, 0.29) is 11.3 Å². The van der Waals surface area contributed by atoms with Crippen molar-refractivity contribution in [1.82, 2.24) is 0 Å². The predicted molar refractivity (Wildman–Crippen MR) is 66.9 cm³/mol. The molecule has 19 heavy (non-hydrogen) atoms. The number of rotatable bonds is 2. The highest BCUT2D eigenvalue weighted by molar-refractivity contribution is 6.01. The second-order valence-electron chi connectivity index (χ2n) is 4.15. The molecule has 0 atom stereocenters. The lowest BCUT2D eigenvalue weighted by atomic mass is 9.93. The van der Waals surface area contributed by atoms with Crippen molar-refractivity contribution in [3.05, 3.63) is 59.7 Å². The summed E-state index contributed by atoms with van der Waals surface area (Å²) in [5, 5.41) is 0. The number of carbonyl (C=O) groups excluding carboxylic acids is 1. The summed E-state index contributed by atoms with van der Waals surface area (Å²) in [6.07, 6.45) is -4.44. The number of alkyl halides is 3. The van der Waals surface area contributed by atoms with Crippen molar-refractivity contribution in [3.8, 4) is 11.1 Å². The van der Waals surface area contributed by atoms with E-state index in [1.54, 1.807) is 12.1 Å². The molecule has 0 amide bonds. The average Bonchev–Trinajstić information content (AvgIpc) is 2.37. The highest BCUT2D eigenvalue weighted by Crippen LogP contribution is 2.38. The van der Waals surface area contributed by atoms with Crippen LogP contribution in [0.15, 0.2) is 48.5 Å². The highest BCUT2D eigenvalue weighted by Gasteiger charge is 2.33. The third kappa shape index (κ3) is 2.67. The number of ketones is 1. The Hall–Kier alpha value is -2.10. The Labute approximate surface area is 108 Å². The van der Waals surface area contributed by atoms with Crippen molar-refractivity contribution >= 4 is 5.78 Å². The maximum atomic E-state index is 13.0. The first-order valence-electron chi connectivity index (χ1n) is 5.68. The summed E-state index contributed by atoms with van der Waals surface area (Å²) in [5.74, 6) is -0.257. The van der Waals surface area contributed by atoms with Gasteiger partial charge in [-0.15, -0.1) is 0 Å². The van der Waals surface area contributed by atoms with Crippen LogP contribution in [0.1, 0.15) is 22.8 Å². The van der Waals surface area contributed by atoms with Gasteiger partial charge in [0.25, 0.3) is 0 Å². The molecule has 2 aromatic rings. The molecule has 0 saturated heterocycles. The number of halogens is 3. The second kappa shape index (κ2) is 4.88. The molecular formula is C15H11F3O. The van der Waals surface area contributed by atoms with Gasteiger partial charge in [-0.25, -0.2) is 0 Å². The van der Waals surface area contributed by atoms with E-state index >= 15 is 0 Å². The lowest BCUT2D eigenvalue weighted by molar-refractivity contribution is -0.137. The van der Waals surface area contributed by atoms with Crippen LogP contribution in [0.25, 0.3) is 11.1 Å². The molecule has 0 fully saturated rings. The van der Waals surface area contributed by atoms with Crippen LogP contribution in [0.2, 0.25) is 0 Å². The molecule has 0 bridgehead atoms. The minimum absolute atomic E-state index is 0.0285. The first-order valence-corrected chi connectivity index (χ1v) is 5.68. The molecule has 0 spiro atoms. The fourth-order valence-corrected chi connectivity index (χ4v) is 1.99. The summed E-state index contributed by atoms with van der Waals surface area (Å²) in [6.45, 7) is 1.34. The third-order valence-corrected chi connectivity index (χ3v) is 2.83. The summed E-state index contributed by atoms with van der Waals surface area (Å²) < 4.78 is 38.9. The van der Waals surface area contributed by atoms with Gasteiger partial charge in [-0.1, -0.05) is 42.5 Å². The Kier molecular flexibility index (Phi) is 3.42. The van der Waals surface area contributed by atoms with Crippen LogP contribution in [-0.2, 0) is 6.18 Å². The number of hydrogen-bond donors (Lipinski definition) is 0. The zero-order chi connectivity index (χ0) is 14.0. The van der Waals surface area contributed by atoms with Crippen LogP contribution in [0, 0.1) is 0 Å². The minimum Gasteiger partial charge on any atom is -0.294 e. The molecule has 0 saturated carbocycles. The molecule has 0 aliphatic rings. The zero-order valence-corrected chi connectivity index (χ0v) is 10.2. The van der Waals surface area contributed by atoms with Crippen molar-refractivity contribution in [3.63, 3.8) is 0 Å². The van der Waals surface area contributed by atoms with E-state index in [4.69, 9.17) is 0 Å². The van der Waals surface area contributed by atoms with Crippen molar-refractivity contribution in [2.75, 3.05) is 0 Å². The van der Waals surface area contributed by atoms with Crippen molar-refractivity contribution in [1.29, 1.82) is 0 Å². The molecule has 0 aromatic heterocycles. The lowest BCUT2D eigenvalue weighted by Crippen LogP contribution is -2.08. The molecule has 98 valence electrons. The van der Waals surface area contributed by atoms with Crippen LogP contribution in [0.3, 0.4) is 0 Å². The fraction of sp³-hybridized carbons (Fsp3) is 0.133. The number of hydrogen-bond acceptors (Lipinski definition) is 1. The normalized spacial score (nSPS) is 11.4. The first kappa shape index (κ1) is 13.3. The maximum absolute atomic E-state index is 13.0. The Bertz CT molecular complexity index is 615. The van der Waals surface area contributed by atoms with Gasteiger partial charge in [-0.2, -0.15) is 13.2 Å². The van der Waals surface area contributed by atoms with Gasteiger partial charge >= 0.3 is 6.18 Å². The smallest absolute Gasteiger partial charge is 0.294 e. The second-order valence-corrected chi connectivity index (χ2v) is 4.15. The molecule has 0 aliphatic heterocycles. The highest BCUT2D eigenvalue weighted by atomic mass is 19.4. The number of benzene rings is 2. The topological polar surface area (TPSA) is 17.1 Å². The zero-order valence-electron chi connectivity index (χ0n) is 10.2. The first-order chi connectivity index (χ1) is 8.91. The fourth-order valence-electron chi connectivity index (χ4n) is 1.99. The van der Waals surface area contributed by atoms with E-state index in [0.717, 1.165) is 6.07 Å². The Morgan fingerprint density at radius 2 is 1.42 bits per heavy atom. The van der Waals surface area contributed by atoms with Gasteiger partial charge in [0.2, 0.25) is 0 Å². The molecule has 0 aliphatic carbocycles. The molecule has 2 aromatic carbocycles. The standard InChI is InChI=1S/C15H11F3O/c1-10(19)11-6-2-3-7-12(11)13-8-4-5-9-14(13)15(16,17)18/h2-9H,1H3. The molecule has 0 radical (unpaired) electrons. The van der Waals surface area contributed by atoms with Crippen LogP contribution >= 0.6 is 0 Å². The maximum Gasteiger partial charge on any atom is 0.417 e. The van der Waals surface area contributed by atoms with Gasteiger partial charge in [-0.3, -0.25) is 4.79 Å². The van der Waals surface area contributed by atoms with Gasteiger partial charge in [0, 0.05) is 5.56 Å². The Balaban J connectivity index is 2.70. The van der Waals surface area contributed by atoms with E-state index in [0.29, 0.717) is 11.1 Å². The van der Waals surface area contributed by atoms with E-state index in [2.05, 4.69) is 0 Å². The van der Waals surface area contributed by atoms with Crippen LogP contribution < -0.4 is 0 Å². The SMILES string of the molecule is CC(=O)c1ccccc1-c1ccccc1C(F)(F)F. The van der Waals surface area contributed by atoms with Crippen molar-refractivity contribution < 1.29 is 18.0 Å². The summed E-state index contributed by atoms with van der Waals surface area (Å²) >= 11 is 0. The van der Waals surface area contributed by atoms with E-state index < -0.39 is 11.7 Å². The number of Topliss-reactive ketones (excluding diaryl/α,β-unsaturated/α-hetero) is 1. The van der Waals surface area contributed by atoms with Gasteiger partial charge in [-0.05, 0) is 24.1 Å². The van der Waals surface area contributed by atoms with Crippen LogP contribution in [0.5, 0.6) is 0 Å². The largest absolute Gasteiger partial charge is 0.417 e.